The van der Waals surface area contributed by atoms with Crippen LogP contribution in [0.15, 0.2) is 0 Å². The molecular formula is C3H7AlO+. The fourth-order valence-electron chi connectivity index (χ4n) is 0.118. The maximum absolute atomic E-state index is 4.61. The topological polar surface area (TPSA) is 9.23 Å². The van der Waals surface area contributed by atoms with Crippen LogP contribution < -0.4 is 0 Å². The summed E-state index contributed by atoms with van der Waals surface area (Å²) in [5.41, 5.74) is 0. The van der Waals surface area contributed by atoms with E-state index in [-0.39, 0.29) is 0 Å². The molecule has 2 heteroatoms. The minimum absolute atomic E-state index is 0.852. The zero-order valence-electron chi connectivity index (χ0n) is 3.40. The van der Waals surface area contributed by atoms with Gasteiger partial charge in [0.05, 0.1) is 0 Å². The molecule has 0 rings (SSSR count). The van der Waals surface area contributed by atoms with Crippen molar-refractivity contribution in [2.45, 2.75) is 13.3 Å². The van der Waals surface area contributed by atoms with Crippen molar-refractivity contribution in [3.05, 3.63) is 0 Å². The monoisotopic (exact) mass is 86.0 g/mol. The van der Waals surface area contributed by atoms with Gasteiger partial charge >= 0.3 is 40.4 Å². The third-order valence-electron chi connectivity index (χ3n) is 0.322. The van der Waals surface area contributed by atoms with Crippen molar-refractivity contribution >= 4 is 16.6 Å². The van der Waals surface area contributed by atoms with Crippen molar-refractivity contribution in [1.82, 2.24) is 0 Å². The zero-order valence-corrected chi connectivity index (χ0v) is 4.55. The average molecular weight is 86.1 g/mol. The first kappa shape index (κ1) is 5.49. The van der Waals surface area contributed by atoms with E-state index in [0.717, 1.165) is 13.0 Å². The molecule has 0 unspecified atom stereocenters. The van der Waals surface area contributed by atoms with E-state index >= 15 is 0 Å². The second-order valence-corrected chi connectivity index (χ2v) is 1.20. The summed E-state index contributed by atoms with van der Waals surface area (Å²) in [6, 6.07) is 0. The quantitative estimate of drug-likeness (QED) is 0.444. The van der Waals surface area contributed by atoms with E-state index in [1.165, 1.54) is 0 Å². The van der Waals surface area contributed by atoms with E-state index in [0.29, 0.717) is 0 Å². The molecule has 0 atom stereocenters. The Morgan fingerprint density at radius 3 is 2.40 bits per heavy atom. The Balaban J connectivity index is 2.19. The van der Waals surface area contributed by atoms with Crippen molar-refractivity contribution in [3.8, 4) is 0 Å². The molecule has 0 fully saturated rings. The van der Waals surface area contributed by atoms with Crippen molar-refractivity contribution < 1.29 is 3.79 Å². The van der Waals surface area contributed by atoms with Gasteiger partial charge in [0.2, 0.25) is 0 Å². The first-order valence-electron chi connectivity index (χ1n) is 1.73. The summed E-state index contributed by atoms with van der Waals surface area (Å²) in [7, 11) is 0. The number of rotatable bonds is 2. The maximum atomic E-state index is 4.61. The fraction of sp³-hybridized carbons (Fsp3) is 1.00. The molecule has 0 bridgehead atoms. The van der Waals surface area contributed by atoms with Gasteiger partial charge in [-0.25, -0.2) is 0 Å². The van der Waals surface area contributed by atoms with Crippen LogP contribution in [-0.4, -0.2) is 23.2 Å². The summed E-state index contributed by atoms with van der Waals surface area (Å²) in [4.78, 5) is 0. The van der Waals surface area contributed by atoms with Gasteiger partial charge in [0, 0.05) is 0 Å². The van der Waals surface area contributed by atoms with Gasteiger partial charge in [0.15, 0.2) is 0 Å². The molecule has 1 radical (unpaired) electrons. The van der Waals surface area contributed by atoms with E-state index in [1.807, 2.05) is 0 Å². The molecule has 0 heterocycles. The van der Waals surface area contributed by atoms with Gasteiger partial charge in [-0.15, -0.1) is 0 Å². The average Bonchev–Trinajstić information content (AvgIpc) is 1.41. The molecule has 0 aromatic heterocycles. The number of hydrogen-bond donors (Lipinski definition) is 0. The summed E-state index contributed by atoms with van der Waals surface area (Å²) >= 11 is 2.20. The SMILES string of the molecule is CCC[O][Al+]. The summed E-state index contributed by atoms with van der Waals surface area (Å²) in [6.45, 7) is 2.93. The molecule has 0 spiro atoms. The molecule has 0 aromatic carbocycles. The third kappa shape index (κ3) is 4.49. The van der Waals surface area contributed by atoms with E-state index in [4.69, 9.17) is 0 Å². The summed E-state index contributed by atoms with van der Waals surface area (Å²) in [5, 5.41) is 0. The Kier molecular flexibility index (Phi) is 4.93. The Bertz CT molecular complexity index is 14.4. The van der Waals surface area contributed by atoms with Crippen LogP contribution in [0.3, 0.4) is 0 Å². The van der Waals surface area contributed by atoms with E-state index in [9.17, 15) is 0 Å². The van der Waals surface area contributed by atoms with Gasteiger partial charge in [0.1, 0.15) is 0 Å². The van der Waals surface area contributed by atoms with Gasteiger partial charge in [-0.3, -0.25) is 0 Å². The molecule has 0 aromatic rings. The standard InChI is InChI=1S/C3H7O.Al/c1-2-3-4;/h2-3H2,1H3;/q-1;+2. The molecular weight excluding hydrogens is 79.0 g/mol. The zero-order chi connectivity index (χ0) is 4.12. The van der Waals surface area contributed by atoms with Gasteiger partial charge in [-0.05, 0) is 0 Å². The van der Waals surface area contributed by atoms with E-state index in [1.54, 1.807) is 0 Å². The van der Waals surface area contributed by atoms with Crippen LogP contribution in [-0.2, 0) is 3.79 Å². The van der Waals surface area contributed by atoms with Gasteiger partial charge in [0.25, 0.3) is 0 Å². The Hall–Kier alpha value is 0.492. The molecule has 0 saturated carbocycles. The minimum atomic E-state index is 0.852. The number of hydrogen-bond acceptors (Lipinski definition) is 1. The van der Waals surface area contributed by atoms with Crippen LogP contribution >= 0.6 is 0 Å². The molecule has 1 nitrogen and oxygen atoms in total. The van der Waals surface area contributed by atoms with E-state index < -0.39 is 0 Å². The van der Waals surface area contributed by atoms with Crippen LogP contribution in [0.5, 0.6) is 0 Å². The predicted octanol–water partition coefficient (Wildman–Crippen LogP) is 0.496. The van der Waals surface area contributed by atoms with Crippen molar-refractivity contribution in [2.24, 2.45) is 0 Å². The molecule has 0 amide bonds. The first-order valence-corrected chi connectivity index (χ1v) is 2.20. The Labute approximate surface area is 41.1 Å². The van der Waals surface area contributed by atoms with Crippen molar-refractivity contribution in [1.29, 1.82) is 0 Å². The molecule has 0 N–H and O–H groups in total. The van der Waals surface area contributed by atoms with Crippen molar-refractivity contribution in [2.75, 3.05) is 6.61 Å². The molecule has 0 aliphatic carbocycles. The van der Waals surface area contributed by atoms with Crippen LogP contribution in [0.2, 0.25) is 0 Å². The Morgan fingerprint density at radius 2 is 2.40 bits per heavy atom. The molecule has 27 valence electrons. The summed E-state index contributed by atoms with van der Waals surface area (Å²) in [5.74, 6) is 0. The Morgan fingerprint density at radius 1 is 1.80 bits per heavy atom. The first-order chi connectivity index (χ1) is 2.41. The van der Waals surface area contributed by atoms with E-state index in [2.05, 4.69) is 27.3 Å². The predicted molar refractivity (Wildman–Crippen MR) is 22.0 cm³/mol. The summed E-state index contributed by atoms with van der Waals surface area (Å²) < 4.78 is 4.61. The molecule has 5 heavy (non-hydrogen) atoms. The van der Waals surface area contributed by atoms with Crippen LogP contribution in [0.25, 0.3) is 0 Å². The normalized spacial score (nSPS) is 8.00. The van der Waals surface area contributed by atoms with Crippen LogP contribution in [0.4, 0.5) is 0 Å². The van der Waals surface area contributed by atoms with Crippen molar-refractivity contribution in [3.63, 3.8) is 0 Å². The molecule has 0 saturated heterocycles. The van der Waals surface area contributed by atoms with Gasteiger partial charge in [-0.2, -0.15) is 0 Å². The summed E-state index contributed by atoms with van der Waals surface area (Å²) in [6.07, 6.45) is 1.10. The van der Waals surface area contributed by atoms with Gasteiger partial charge < -0.3 is 0 Å². The van der Waals surface area contributed by atoms with Crippen LogP contribution in [0.1, 0.15) is 13.3 Å². The molecule has 0 aliphatic heterocycles. The molecule has 0 aliphatic rings. The third-order valence-corrected chi connectivity index (χ3v) is 0.558. The van der Waals surface area contributed by atoms with Crippen LogP contribution in [0, 0.1) is 0 Å². The van der Waals surface area contributed by atoms with Gasteiger partial charge in [-0.1, -0.05) is 0 Å². The second-order valence-electron chi connectivity index (χ2n) is 0.871. The fourth-order valence-corrected chi connectivity index (χ4v) is 0.354. The second kappa shape index (κ2) is 4.49.